The summed E-state index contributed by atoms with van der Waals surface area (Å²) >= 11 is 0. The molecule has 0 bridgehead atoms. The van der Waals surface area contributed by atoms with Gasteiger partial charge in [0.15, 0.2) is 0 Å². The van der Waals surface area contributed by atoms with Gasteiger partial charge in [-0.25, -0.2) is 0 Å². The van der Waals surface area contributed by atoms with Crippen LogP contribution in [-0.4, -0.2) is 66.2 Å². The largest absolute Gasteiger partial charge is 0.481 e. The monoisotopic (exact) mass is 592 g/mol. The van der Waals surface area contributed by atoms with E-state index in [1.807, 2.05) is 30.3 Å². The van der Waals surface area contributed by atoms with Gasteiger partial charge in [0.1, 0.15) is 18.9 Å². The number of rotatable bonds is 9. The summed E-state index contributed by atoms with van der Waals surface area (Å²) in [4.78, 5) is 79.3. The Morgan fingerprint density at radius 1 is 0.841 bits per heavy atom. The number of carboxylic acids is 1. The maximum Gasteiger partial charge on any atom is 0.305 e. The Morgan fingerprint density at radius 3 is 2.20 bits per heavy atom. The number of nitrogens with one attached hydrogen (secondary N) is 2. The molecule has 11 heteroatoms. The molecule has 0 radical (unpaired) electrons. The number of nitrogens with zero attached hydrogens (tertiary/aromatic N) is 2. The Balaban J connectivity index is 1.53. The fourth-order valence-electron chi connectivity index (χ4n) is 5.08. The Kier molecular flexibility index (Phi) is 8.75. The lowest BCUT2D eigenvalue weighted by atomic mass is 10.1. The molecule has 1 aliphatic rings. The molecule has 0 unspecified atom stereocenters. The molecule has 4 aromatic rings. The number of benzene rings is 4. The Bertz CT molecular complexity index is 1760. The average molecular weight is 593 g/mol. The number of anilines is 2. The predicted molar refractivity (Wildman–Crippen MR) is 162 cm³/mol. The maximum atomic E-state index is 14.1. The van der Waals surface area contributed by atoms with Crippen molar-refractivity contribution >= 4 is 58.0 Å². The van der Waals surface area contributed by atoms with E-state index in [1.54, 1.807) is 66.7 Å². The summed E-state index contributed by atoms with van der Waals surface area (Å²) < 4.78 is 0. The lowest BCUT2D eigenvalue weighted by Gasteiger charge is -2.25. The Hall–Kier alpha value is -5.84. The van der Waals surface area contributed by atoms with E-state index in [0.717, 1.165) is 15.7 Å². The molecule has 11 nitrogen and oxygen atoms in total. The number of carboxylic acid groups (broad SMARTS) is 1. The van der Waals surface area contributed by atoms with Crippen molar-refractivity contribution in [1.29, 1.82) is 0 Å². The van der Waals surface area contributed by atoms with Gasteiger partial charge in [-0.15, -0.1) is 0 Å². The van der Waals surface area contributed by atoms with Crippen molar-refractivity contribution in [3.63, 3.8) is 0 Å². The van der Waals surface area contributed by atoms with Gasteiger partial charge in [-0.3, -0.25) is 28.9 Å². The number of hydrogen-bond donors (Lipinski definition) is 3. The molecule has 4 amide bonds. The normalized spacial score (nSPS) is 15.1. The first-order valence-electron chi connectivity index (χ1n) is 13.8. The molecule has 0 fully saturated rings. The van der Waals surface area contributed by atoms with Crippen molar-refractivity contribution in [2.45, 2.75) is 18.5 Å². The second-order valence-corrected chi connectivity index (χ2v) is 10.2. The predicted octanol–water partition coefficient (Wildman–Crippen LogP) is 2.79. The summed E-state index contributed by atoms with van der Waals surface area (Å²) in [7, 11) is 0. The molecule has 1 heterocycles. The highest BCUT2D eigenvalue weighted by Gasteiger charge is 2.38. The summed E-state index contributed by atoms with van der Waals surface area (Å²) in [6.45, 7) is -0.844. The number of carbonyl (C=O) groups excluding carboxylic acids is 5. The molecular formula is C33H28N4O7. The van der Waals surface area contributed by atoms with Crippen LogP contribution in [0.4, 0.5) is 11.4 Å². The van der Waals surface area contributed by atoms with Gasteiger partial charge in [-0.1, -0.05) is 60.7 Å². The zero-order chi connectivity index (χ0) is 31.2. The Morgan fingerprint density at radius 2 is 1.50 bits per heavy atom. The van der Waals surface area contributed by atoms with Crippen molar-refractivity contribution in [2.75, 3.05) is 22.9 Å². The minimum absolute atomic E-state index is 0.221. The SMILES string of the molecule is O=C[C@H](CC(=O)O)NC(=O)CN1C(=O)[C@@H](NC(=O)c2ccccc2)CN(C(=O)c2ccc3ccccc3c2)c2ccccc21. The first-order chi connectivity index (χ1) is 21.2. The third-order valence-corrected chi connectivity index (χ3v) is 7.18. The summed E-state index contributed by atoms with van der Waals surface area (Å²) in [5.41, 5.74) is 1.19. The van der Waals surface area contributed by atoms with Crippen LogP contribution in [0.5, 0.6) is 0 Å². The van der Waals surface area contributed by atoms with Crippen molar-refractivity contribution in [1.82, 2.24) is 10.6 Å². The van der Waals surface area contributed by atoms with Crippen LogP contribution in [0.3, 0.4) is 0 Å². The van der Waals surface area contributed by atoms with Crippen LogP contribution in [0.25, 0.3) is 10.8 Å². The zero-order valence-corrected chi connectivity index (χ0v) is 23.4. The molecule has 0 spiro atoms. The van der Waals surface area contributed by atoms with Gasteiger partial charge in [-0.05, 0) is 47.2 Å². The Labute approximate surface area is 252 Å². The number of carbonyl (C=O) groups is 6. The van der Waals surface area contributed by atoms with Crippen molar-refractivity contribution in [2.24, 2.45) is 0 Å². The van der Waals surface area contributed by atoms with Gasteiger partial charge in [0, 0.05) is 11.1 Å². The summed E-state index contributed by atoms with van der Waals surface area (Å²) in [6.07, 6.45) is -0.333. The molecule has 2 atom stereocenters. The van der Waals surface area contributed by atoms with E-state index in [0.29, 0.717) is 23.1 Å². The van der Waals surface area contributed by atoms with Crippen LogP contribution in [-0.2, 0) is 19.2 Å². The van der Waals surface area contributed by atoms with Crippen LogP contribution in [0.15, 0.2) is 97.1 Å². The van der Waals surface area contributed by atoms with E-state index in [1.165, 1.54) is 4.90 Å². The third kappa shape index (κ3) is 6.46. The number of aldehydes is 1. The van der Waals surface area contributed by atoms with Crippen LogP contribution < -0.4 is 20.4 Å². The van der Waals surface area contributed by atoms with Crippen LogP contribution in [0, 0.1) is 0 Å². The second kappa shape index (κ2) is 13.0. The first kappa shape index (κ1) is 29.6. The lowest BCUT2D eigenvalue weighted by molar-refractivity contribution is -0.138. The highest BCUT2D eigenvalue weighted by molar-refractivity contribution is 6.15. The van der Waals surface area contributed by atoms with E-state index >= 15 is 0 Å². The molecule has 4 aromatic carbocycles. The lowest BCUT2D eigenvalue weighted by Crippen LogP contribution is -2.54. The van der Waals surface area contributed by atoms with Gasteiger partial charge in [0.2, 0.25) is 5.91 Å². The van der Waals surface area contributed by atoms with Crippen molar-refractivity contribution in [3.8, 4) is 0 Å². The summed E-state index contributed by atoms with van der Waals surface area (Å²) in [6, 6.07) is 25.0. The maximum absolute atomic E-state index is 14.1. The van der Waals surface area contributed by atoms with Gasteiger partial charge in [0.25, 0.3) is 17.7 Å². The van der Waals surface area contributed by atoms with E-state index in [-0.39, 0.29) is 12.2 Å². The third-order valence-electron chi connectivity index (χ3n) is 7.18. The van der Waals surface area contributed by atoms with Gasteiger partial charge < -0.3 is 25.4 Å². The number of amides is 4. The molecule has 0 aliphatic carbocycles. The highest BCUT2D eigenvalue weighted by atomic mass is 16.4. The highest BCUT2D eigenvalue weighted by Crippen LogP contribution is 2.34. The summed E-state index contributed by atoms with van der Waals surface area (Å²) in [5.74, 6) is -3.74. The van der Waals surface area contributed by atoms with Gasteiger partial charge in [0.05, 0.1) is 30.4 Å². The van der Waals surface area contributed by atoms with Gasteiger partial charge >= 0.3 is 5.97 Å². The van der Waals surface area contributed by atoms with Crippen LogP contribution >= 0.6 is 0 Å². The van der Waals surface area contributed by atoms with E-state index in [4.69, 9.17) is 5.11 Å². The quantitative estimate of drug-likeness (QED) is 0.253. The van der Waals surface area contributed by atoms with Crippen LogP contribution in [0.1, 0.15) is 27.1 Å². The minimum atomic E-state index is -1.31. The van der Waals surface area contributed by atoms with E-state index in [9.17, 15) is 28.8 Å². The average Bonchev–Trinajstić information content (AvgIpc) is 3.14. The number of hydrogen-bond acceptors (Lipinski definition) is 6. The molecule has 1 aliphatic heterocycles. The molecular weight excluding hydrogens is 564 g/mol. The second-order valence-electron chi connectivity index (χ2n) is 10.2. The van der Waals surface area contributed by atoms with E-state index in [2.05, 4.69) is 10.6 Å². The number of aliphatic carboxylic acids is 1. The molecule has 0 saturated heterocycles. The fraction of sp³-hybridized carbons (Fsp3) is 0.152. The van der Waals surface area contributed by atoms with E-state index < -0.39 is 54.6 Å². The smallest absolute Gasteiger partial charge is 0.305 e. The number of para-hydroxylation sites is 2. The molecule has 5 rings (SSSR count). The van der Waals surface area contributed by atoms with Crippen molar-refractivity contribution in [3.05, 3.63) is 108 Å². The van der Waals surface area contributed by atoms with Crippen LogP contribution in [0.2, 0.25) is 0 Å². The van der Waals surface area contributed by atoms with Gasteiger partial charge in [-0.2, -0.15) is 0 Å². The molecule has 3 N–H and O–H groups in total. The first-order valence-corrected chi connectivity index (χ1v) is 13.8. The molecule has 0 saturated carbocycles. The topological polar surface area (TPSA) is 153 Å². The molecule has 222 valence electrons. The molecule has 44 heavy (non-hydrogen) atoms. The standard InChI is InChI=1S/C33H28N4O7/c38-20-25(17-30(40)41)34-29(39)19-37-28-13-7-6-12-27(28)36(32(43)24-15-14-21-8-4-5-11-23(21)16-24)18-26(33(37)44)35-31(42)22-9-2-1-3-10-22/h1-16,20,25-26H,17-19H2,(H,34,39)(H,35,42)(H,40,41)/t25-,26-/m0/s1. The zero-order valence-electron chi connectivity index (χ0n) is 23.4. The molecule has 0 aromatic heterocycles. The summed E-state index contributed by atoms with van der Waals surface area (Å²) in [5, 5.41) is 15.9. The van der Waals surface area contributed by atoms with Crippen molar-refractivity contribution < 1.29 is 33.9 Å². The fourth-order valence-corrected chi connectivity index (χ4v) is 5.08. The minimum Gasteiger partial charge on any atom is -0.481 e. The number of fused-ring (bicyclic) bond motifs is 2.